The maximum Gasteiger partial charge on any atom is 0.303 e. The SMILES string of the molecule is CC(=O)O[C@H]1C[C@@H](CO)[C@]2(C)CC(=O)[C@H]3CO[C@H](c4ccoc4)CC3(C)[C@H]2C1=O. The van der Waals surface area contributed by atoms with E-state index in [-0.39, 0.29) is 49.6 Å². The fraction of sp³-hybridized carbons (Fsp3) is 0.682. The molecule has 4 rings (SSSR count). The van der Waals surface area contributed by atoms with E-state index in [2.05, 4.69) is 0 Å². The normalized spacial score (nSPS) is 42.1. The van der Waals surface area contributed by atoms with Gasteiger partial charge < -0.3 is 19.0 Å². The van der Waals surface area contributed by atoms with Gasteiger partial charge in [-0.15, -0.1) is 0 Å². The molecule has 0 radical (unpaired) electrons. The van der Waals surface area contributed by atoms with Gasteiger partial charge in [-0.3, -0.25) is 14.4 Å². The molecule has 1 N–H and O–H groups in total. The molecule has 3 aliphatic rings. The number of furan rings is 1. The Kier molecular flexibility index (Phi) is 4.94. The molecule has 2 saturated carbocycles. The molecule has 7 heteroatoms. The average molecular weight is 404 g/mol. The van der Waals surface area contributed by atoms with Gasteiger partial charge in [-0.1, -0.05) is 13.8 Å². The molecule has 1 saturated heterocycles. The van der Waals surface area contributed by atoms with Gasteiger partial charge in [0.15, 0.2) is 11.9 Å². The minimum atomic E-state index is -0.886. The van der Waals surface area contributed by atoms with Crippen LogP contribution in [0.4, 0.5) is 0 Å². The Morgan fingerprint density at radius 3 is 2.69 bits per heavy atom. The quantitative estimate of drug-likeness (QED) is 0.772. The van der Waals surface area contributed by atoms with Crippen LogP contribution < -0.4 is 0 Å². The van der Waals surface area contributed by atoms with Gasteiger partial charge in [0, 0.05) is 37.4 Å². The van der Waals surface area contributed by atoms with Crippen molar-refractivity contribution in [3.05, 3.63) is 24.2 Å². The lowest BCUT2D eigenvalue weighted by atomic mass is 9.43. The molecule has 1 aliphatic heterocycles. The predicted octanol–water partition coefficient (Wildman–Crippen LogP) is 2.47. The van der Waals surface area contributed by atoms with Crippen LogP contribution >= 0.6 is 0 Å². The summed E-state index contributed by atoms with van der Waals surface area (Å²) in [5, 5.41) is 10.1. The van der Waals surface area contributed by atoms with Crippen molar-refractivity contribution in [1.82, 2.24) is 0 Å². The zero-order valence-electron chi connectivity index (χ0n) is 17.1. The van der Waals surface area contributed by atoms with Crippen molar-refractivity contribution < 1.29 is 33.4 Å². The Labute approximate surface area is 169 Å². The van der Waals surface area contributed by atoms with Crippen LogP contribution in [0.5, 0.6) is 0 Å². The number of carbonyl (C=O) groups excluding carboxylic acids is 3. The summed E-state index contributed by atoms with van der Waals surface area (Å²) >= 11 is 0. The predicted molar refractivity (Wildman–Crippen MR) is 101 cm³/mol. The van der Waals surface area contributed by atoms with E-state index in [9.17, 15) is 19.5 Å². The van der Waals surface area contributed by atoms with Crippen LogP contribution in [0.3, 0.4) is 0 Å². The van der Waals surface area contributed by atoms with Crippen molar-refractivity contribution in [3.63, 3.8) is 0 Å². The smallest absolute Gasteiger partial charge is 0.303 e. The molecule has 3 fully saturated rings. The first-order chi connectivity index (χ1) is 13.7. The summed E-state index contributed by atoms with van der Waals surface area (Å²) in [6.07, 6.45) is 2.99. The second-order valence-corrected chi connectivity index (χ2v) is 9.34. The van der Waals surface area contributed by atoms with Gasteiger partial charge in [-0.2, -0.15) is 0 Å². The van der Waals surface area contributed by atoms with E-state index in [1.165, 1.54) is 6.92 Å². The third-order valence-electron chi connectivity index (χ3n) is 7.62. The molecule has 2 heterocycles. The number of rotatable bonds is 3. The van der Waals surface area contributed by atoms with Gasteiger partial charge in [-0.05, 0) is 35.7 Å². The number of aliphatic hydroxyl groups is 1. The van der Waals surface area contributed by atoms with Crippen molar-refractivity contribution in [2.24, 2.45) is 28.6 Å². The molecule has 0 bridgehead atoms. The van der Waals surface area contributed by atoms with Crippen molar-refractivity contribution in [3.8, 4) is 0 Å². The zero-order valence-corrected chi connectivity index (χ0v) is 17.1. The molecule has 0 spiro atoms. The lowest BCUT2D eigenvalue weighted by molar-refractivity contribution is -0.204. The van der Waals surface area contributed by atoms with E-state index in [1.54, 1.807) is 12.5 Å². The van der Waals surface area contributed by atoms with Gasteiger partial charge in [-0.25, -0.2) is 0 Å². The molecule has 1 unspecified atom stereocenters. The molecule has 0 amide bonds. The van der Waals surface area contributed by atoms with E-state index >= 15 is 0 Å². The second kappa shape index (κ2) is 7.06. The Morgan fingerprint density at radius 2 is 2.07 bits per heavy atom. The first-order valence-corrected chi connectivity index (χ1v) is 10.2. The molecule has 7 atom stereocenters. The molecule has 2 aliphatic carbocycles. The maximum atomic E-state index is 13.6. The third-order valence-corrected chi connectivity index (χ3v) is 7.62. The first kappa shape index (κ1) is 20.3. The Bertz CT molecular complexity index is 815. The lowest BCUT2D eigenvalue weighted by Crippen LogP contribution is -2.65. The standard InChI is InChI=1S/C22H28O7/c1-12(24)29-17-6-14(9-23)21(2)7-16(25)15-11-28-18(13-4-5-27-10-13)8-22(15,3)20(21)19(17)26/h4-5,10,14-15,17-18,20,23H,6-9,11H2,1-3H3/t14-,15+,17-,18-,20-,21-,22?/m0/s1. The number of Topliss-reactive ketones (excluding diaryl/α,β-unsaturated/α-hetero) is 2. The van der Waals surface area contributed by atoms with Crippen LogP contribution in [0.15, 0.2) is 23.0 Å². The van der Waals surface area contributed by atoms with Gasteiger partial charge in [0.25, 0.3) is 0 Å². The van der Waals surface area contributed by atoms with Gasteiger partial charge in [0.05, 0.1) is 25.2 Å². The number of fused-ring (bicyclic) bond motifs is 3. The summed E-state index contributed by atoms with van der Waals surface area (Å²) in [5.74, 6) is -1.78. The summed E-state index contributed by atoms with van der Waals surface area (Å²) in [7, 11) is 0. The summed E-state index contributed by atoms with van der Waals surface area (Å²) in [6.45, 7) is 5.28. The Balaban J connectivity index is 1.77. The maximum absolute atomic E-state index is 13.6. The molecule has 29 heavy (non-hydrogen) atoms. The minimum Gasteiger partial charge on any atom is -0.472 e. The Morgan fingerprint density at radius 1 is 1.31 bits per heavy atom. The van der Waals surface area contributed by atoms with Crippen LogP contribution in [-0.2, 0) is 23.9 Å². The molecule has 7 nitrogen and oxygen atoms in total. The molecular weight excluding hydrogens is 376 g/mol. The topological polar surface area (TPSA) is 103 Å². The third kappa shape index (κ3) is 3.06. The van der Waals surface area contributed by atoms with E-state index in [0.717, 1.165) is 5.56 Å². The average Bonchev–Trinajstić information content (AvgIpc) is 3.17. The summed E-state index contributed by atoms with van der Waals surface area (Å²) in [4.78, 5) is 38.3. The van der Waals surface area contributed by atoms with E-state index in [0.29, 0.717) is 6.42 Å². The molecule has 0 aromatic carbocycles. The summed E-state index contributed by atoms with van der Waals surface area (Å²) in [5.41, 5.74) is -0.459. The number of ketones is 2. The molecule has 158 valence electrons. The molecular formula is C22H28O7. The largest absolute Gasteiger partial charge is 0.472 e. The van der Waals surface area contributed by atoms with Crippen LogP contribution in [0.25, 0.3) is 0 Å². The van der Waals surface area contributed by atoms with Crippen molar-refractivity contribution >= 4 is 17.5 Å². The highest BCUT2D eigenvalue weighted by Crippen LogP contribution is 2.63. The van der Waals surface area contributed by atoms with E-state index < -0.39 is 34.7 Å². The second-order valence-electron chi connectivity index (χ2n) is 9.34. The fourth-order valence-corrected chi connectivity index (χ4v) is 6.26. The lowest BCUT2D eigenvalue weighted by Gasteiger charge is -2.61. The highest BCUT2D eigenvalue weighted by atomic mass is 16.5. The summed E-state index contributed by atoms with van der Waals surface area (Å²) in [6, 6.07) is 1.83. The first-order valence-electron chi connectivity index (χ1n) is 10.2. The number of hydrogen-bond donors (Lipinski definition) is 1. The highest BCUT2D eigenvalue weighted by molar-refractivity contribution is 5.94. The number of ether oxygens (including phenoxy) is 2. The van der Waals surface area contributed by atoms with Gasteiger partial charge in [0.1, 0.15) is 5.78 Å². The van der Waals surface area contributed by atoms with Crippen LogP contribution in [0, 0.1) is 28.6 Å². The van der Waals surface area contributed by atoms with Gasteiger partial charge >= 0.3 is 5.97 Å². The van der Waals surface area contributed by atoms with Crippen LogP contribution in [0.2, 0.25) is 0 Å². The van der Waals surface area contributed by atoms with Crippen LogP contribution in [0.1, 0.15) is 51.7 Å². The van der Waals surface area contributed by atoms with Crippen molar-refractivity contribution in [2.45, 2.75) is 52.2 Å². The number of carbonyl (C=O) groups is 3. The van der Waals surface area contributed by atoms with E-state index in [1.807, 2.05) is 19.9 Å². The number of esters is 1. The fourth-order valence-electron chi connectivity index (χ4n) is 6.26. The number of aliphatic hydroxyl groups excluding tert-OH is 1. The van der Waals surface area contributed by atoms with Crippen molar-refractivity contribution in [2.75, 3.05) is 13.2 Å². The zero-order chi connectivity index (χ0) is 21.0. The van der Waals surface area contributed by atoms with E-state index in [4.69, 9.17) is 13.9 Å². The van der Waals surface area contributed by atoms with Crippen molar-refractivity contribution in [1.29, 1.82) is 0 Å². The number of hydrogen-bond acceptors (Lipinski definition) is 7. The van der Waals surface area contributed by atoms with Gasteiger partial charge in [0.2, 0.25) is 0 Å². The minimum absolute atomic E-state index is 0.0779. The Hall–Kier alpha value is -1.99. The highest BCUT2D eigenvalue weighted by Gasteiger charge is 2.66. The summed E-state index contributed by atoms with van der Waals surface area (Å²) < 4.78 is 16.5. The molecule has 1 aromatic rings. The molecule has 1 aromatic heterocycles. The monoisotopic (exact) mass is 404 g/mol. The van der Waals surface area contributed by atoms with Crippen LogP contribution in [-0.4, -0.2) is 42.0 Å².